The monoisotopic (exact) mass is 263 g/mol. The maximum Gasteiger partial charge on any atom is 0.135 e. The second kappa shape index (κ2) is 5.66. The summed E-state index contributed by atoms with van der Waals surface area (Å²) in [5.41, 5.74) is 1.11. The molecule has 0 aliphatic heterocycles. The molecular weight excluding hydrogens is 246 g/mol. The Morgan fingerprint density at radius 1 is 0.850 bits per heavy atom. The number of anilines is 1. The molecule has 0 saturated carbocycles. The van der Waals surface area contributed by atoms with E-state index >= 15 is 0 Å². The number of ether oxygens (including phenoxy) is 1. The smallest absolute Gasteiger partial charge is 0.135 e. The van der Waals surface area contributed by atoms with Gasteiger partial charge in [-0.3, -0.25) is 0 Å². The summed E-state index contributed by atoms with van der Waals surface area (Å²) in [5, 5.41) is 5.59. The molecule has 0 aliphatic rings. The van der Waals surface area contributed by atoms with Gasteiger partial charge >= 0.3 is 0 Å². The number of benzene rings is 3. The van der Waals surface area contributed by atoms with Crippen molar-refractivity contribution < 1.29 is 4.74 Å². The lowest BCUT2D eigenvalue weighted by molar-refractivity contribution is 0.488. The Kier molecular flexibility index (Phi) is 3.55. The lowest BCUT2D eigenvalue weighted by Gasteiger charge is -2.10. The summed E-state index contributed by atoms with van der Waals surface area (Å²) in [5.74, 6) is 1.74. The summed E-state index contributed by atoms with van der Waals surface area (Å²) in [6.45, 7) is 3.00. The summed E-state index contributed by atoms with van der Waals surface area (Å²) in [4.78, 5) is 0. The zero-order valence-electron chi connectivity index (χ0n) is 11.5. The van der Waals surface area contributed by atoms with Gasteiger partial charge in [0.05, 0.1) is 0 Å². The predicted molar refractivity (Wildman–Crippen MR) is 84.6 cm³/mol. The molecule has 2 nitrogen and oxygen atoms in total. The maximum atomic E-state index is 6.00. The van der Waals surface area contributed by atoms with Crippen molar-refractivity contribution in [3.63, 3.8) is 0 Å². The van der Waals surface area contributed by atoms with Crippen LogP contribution in [0.1, 0.15) is 6.92 Å². The molecule has 0 fully saturated rings. The van der Waals surface area contributed by atoms with Gasteiger partial charge in [-0.25, -0.2) is 0 Å². The van der Waals surface area contributed by atoms with E-state index in [1.54, 1.807) is 0 Å². The molecule has 0 atom stereocenters. The quantitative estimate of drug-likeness (QED) is 0.710. The highest BCUT2D eigenvalue weighted by molar-refractivity contribution is 5.88. The third kappa shape index (κ3) is 2.59. The molecule has 0 spiro atoms. The average Bonchev–Trinajstić information content (AvgIpc) is 2.50. The molecule has 0 heterocycles. The molecule has 0 saturated heterocycles. The lowest BCUT2D eigenvalue weighted by Crippen LogP contribution is -1.95. The van der Waals surface area contributed by atoms with Gasteiger partial charge in [0.2, 0.25) is 0 Å². The summed E-state index contributed by atoms with van der Waals surface area (Å²) in [6.07, 6.45) is 0. The molecule has 0 unspecified atom stereocenters. The molecule has 0 aromatic heterocycles. The van der Waals surface area contributed by atoms with Gasteiger partial charge in [-0.15, -0.1) is 0 Å². The number of nitrogens with one attached hydrogen (secondary N) is 1. The highest BCUT2D eigenvalue weighted by Gasteiger charge is 2.02. The Balaban J connectivity index is 1.89. The fourth-order valence-corrected chi connectivity index (χ4v) is 2.26. The first-order valence-corrected chi connectivity index (χ1v) is 6.86. The topological polar surface area (TPSA) is 21.3 Å². The van der Waals surface area contributed by atoms with E-state index in [-0.39, 0.29) is 0 Å². The van der Waals surface area contributed by atoms with E-state index in [0.29, 0.717) is 0 Å². The molecule has 3 aromatic rings. The standard InChI is InChI=1S/C18H17NO/c1-2-19-15-10-12-16(13-11-15)20-18-9-5-7-14-6-3-4-8-17(14)18/h3-13,19H,2H2,1H3. The van der Waals surface area contributed by atoms with Crippen LogP contribution in [-0.2, 0) is 0 Å². The van der Waals surface area contributed by atoms with Crippen molar-refractivity contribution in [3.05, 3.63) is 66.7 Å². The molecule has 0 aliphatic carbocycles. The van der Waals surface area contributed by atoms with Crippen LogP contribution in [0.15, 0.2) is 66.7 Å². The second-order valence-corrected chi connectivity index (χ2v) is 4.63. The predicted octanol–water partition coefficient (Wildman–Crippen LogP) is 5.06. The summed E-state index contributed by atoms with van der Waals surface area (Å²) in [6, 6.07) is 22.4. The minimum absolute atomic E-state index is 0.850. The van der Waals surface area contributed by atoms with Crippen molar-refractivity contribution in [2.24, 2.45) is 0 Å². The van der Waals surface area contributed by atoms with Gasteiger partial charge in [0.1, 0.15) is 11.5 Å². The van der Waals surface area contributed by atoms with Crippen molar-refractivity contribution in [2.75, 3.05) is 11.9 Å². The number of rotatable bonds is 4. The zero-order chi connectivity index (χ0) is 13.8. The fraction of sp³-hybridized carbons (Fsp3) is 0.111. The van der Waals surface area contributed by atoms with E-state index in [1.165, 1.54) is 5.39 Å². The number of hydrogen-bond donors (Lipinski definition) is 1. The van der Waals surface area contributed by atoms with Crippen LogP contribution in [0.5, 0.6) is 11.5 Å². The number of fused-ring (bicyclic) bond motifs is 1. The van der Waals surface area contributed by atoms with Crippen molar-refractivity contribution >= 4 is 16.5 Å². The molecule has 3 aromatic carbocycles. The van der Waals surface area contributed by atoms with Crippen molar-refractivity contribution in [1.82, 2.24) is 0 Å². The Bertz CT molecular complexity index is 699. The minimum Gasteiger partial charge on any atom is -0.457 e. The van der Waals surface area contributed by atoms with Crippen molar-refractivity contribution in [1.29, 1.82) is 0 Å². The zero-order valence-corrected chi connectivity index (χ0v) is 11.5. The molecule has 3 rings (SSSR count). The minimum atomic E-state index is 0.850. The number of hydrogen-bond acceptors (Lipinski definition) is 2. The van der Waals surface area contributed by atoms with Crippen LogP contribution in [-0.4, -0.2) is 6.54 Å². The molecular formula is C18H17NO. The third-order valence-corrected chi connectivity index (χ3v) is 3.21. The molecule has 1 N–H and O–H groups in total. The molecule has 0 bridgehead atoms. The van der Waals surface area contributed by atoms with Gasteiger partial charge in [-0.05, 0) is 42.6 Å². The first-order valence-electron chi connectivity index (χ1n) is 6.86. The molecule has 0 amide bonds. The van der Waals surface area contributed by atoms with Gasteiger partial charge in [-0.1, -0.05) is 36.4 Å². The third-order valence-electron chi connectivity index (χ3n) is 3.21. The second-order valence-electron chi connectivity index (χ2n) is 4.63. The Labute approximate surface area is 119 Å². The Hall–Kier alpha value is -2.48. The molecule has 100 valence electrons. The van der Waals surface area contributed by atoms with Gasteiger partial charge < -0.3 is 10.1 Å². The van der Waals surface area contributed by atoms with E-state index in [0.717, 1.165) is 29.1 Å². The van der Waals surface area contributed by atoms with Crippen molar-refractivity contribution in [2.45, 2.75) is 6.92 Å². The average molecular weight is 263 g/mol. The first-order chi connectivity index (χ1) is 9.86. The largest absolute Gasteiger partial charge is 0.457 e. The van der Waals surface area contributed by atoms with Crippen LogP contribution in [0.2, 0.25) is 0 Å². The lowest BCUT2D eigenvalue weighted by atomic mass is 10.1. The van der Waals surface area contributed by atoms with Gasteiger partial charge in [-0.2, -0.15) is 0 Å². The van der Waals surface area contributed by atoms with Gasteiger partial charge in [0, 0.05) is 17.6 Å². The maximum absolute atomic E-state index is 6.00. The van der Waals surface area contributed by atoms with Crippen LogP contribution in [0.25, 0.3) is 10.8 Å². The van der Waals surface area contributed by atoms with Gasteiger partial charge in [0.25, 0.3) is 0 Å². The highest BCUT2D eigenvalue weighted by atomic mass is 16.5. The summed E-state index contributed by atoms with van der Waals surface area (Å²) >= 11 is 0. The van der Waals surface area contributed by atoms with Crippen LogP contribution in [0.3, 0.4) is 0 Å². The molecule has 0 radical (unpaired) electrons. The highest BCUT2D eigenvalue weighted by Crippen LogP contribution is 2.30. The van der Waals surface area contributed by atoms with Crippen LogP contribution >= 0.6 is 0 Å². The van der Waals surface area contributed by atoms with Crippen LogP contribution in [0, 0.1) is 0 Å². The SMILES string of the molecule is CCNc1ccc(Oc2cccc3ccccc23)cc1. The van der Waals surface area contributed by atoms with E-state index in [4.69, 9.17) is 4.74 Å². The van der Waals surface area contributed by atoms with Gasteiger partial charge in [0.15, 0.2) is 0 Å². The first kappa shape index (κ1) is 12.5. The van der Waals surface area contributed by atoms with E-state index in [1.807, 2.05) is 48.5 Å². The summed E-state index contributed by atoms with van der Waals surface area (Å²) in [7, 11) is 0. The van der Waals surface area contributed by atoms with Crippen LogP contribution in [0.4, 0.5) is 5.69 Å². The molecule has 2 heteroatoms. The Morgan fingerprint density at radius 3 is 2.40 bits per heavy atom. The van der Waals surface area contributed by atoms with E-state index < -0.39 is 0 Å². The summed E-state index contributed by atoms with van der Waals surface area (Å²) < 4.78 is 6.00. The normalized spacial score (nSPS) is 10.4. The van der Waals surface area contributed by atoms with Crippen LogP contribution < -0.4 is 10.1 Å². The van der Waals surface area contributed by atoms with E-state index in [2.05, 4.69) is 30.4 Å². The molecule has 20 heavy (non-hydrogen) atoms. The Morgan fingerprint density at radius 2 is 1.60 bits per heavy atom. The van der Waals surface area contributed by atoms with E-state index in [9.17, 15) is 0 Å². The van der Waals surface area contributed by atoms with Crippen molar-refractivity contribution in [3.8, 4) is 11.5 Å². The fourth-order valence-electron chi connectivity index (χ4n) is 2.26.